The molecule has 1 fully saturated rings. The number of halogens is 2. The fraction of sp³-hybridized carbons (Fsp3) is 0.600. The van der Waals surface area contributed by atoms with Gasteiger partial charge >= 0.3 is 0 Å². The second-order valence-corrected chi connectivity index (χ2v) is 7.02. The molecule has 6 nitrogen and oxygen atoms in total. The lowest BCUT2D eigenvalue weighted by molar-refractivity contribution is -0.135. The first-order chi connectivity index (χ1) is 12.9. The molecule has 0 spiro atoms. The summed E-state index contributed by atoms with van der Waals surface area (Å²) < 4.78 is 19.2. The summed E-state index contributed by atoms with van der Waals surface area (Å²) in [5.41, 5.74) is 0.816. The zero-order valence-corrected chi connectivity index (χ0v) is 19.5. The first-order valence-corrected chi connectivity index (χ1v) is 9.61. The van der Waals surface area contributed by atoms with E-state index in [9.17, 15) is 9.18 Å². The molecular weight excluding hydrogens is 474 g/mol. The number of guanidine groups is 1. The van der Waals surface area contributed by atoms with E-state index in [0.717, 1.165) is 31.5 Å². The summed E-state index contributed by atoms with van der Waals surface area (Å²) in [5, 5.41) is 6.61. The van der Waals surface area contributed by atoms with Crippen LogP contribution in [0.1, 0.15) is 39.2 Å². The highest BCUT2D eigenvalue weighted by Crippen LogP contribution is 2.18. The Bertz CT molecular complexity index is 662. The summed E-state index contributed by atoms with van der Waals surface area (Å²) in [6, 6.07) is 5.23. The van der Waals surface area contributed by atoms with Crippen LogP contribution < -0.4 is 15.4 Å². The van der Waals surface area contributed by atoms with Gasteiger partial charge in [-0.1, -0.05) is 19.9 Å². The van der Waals surface area contributed by atoms with Crippen molar-refractivity contribution >= 4 is 35.8 Å². The van der Waals surface area contributed by atoms with Crippen LogP contribution in [0.4, 0.5) is 4.39 Å². The van der Waals surface area contributed by atoms with Crippen molar-refractivity contribution in [2.24, 2.45) is 10.9 Å². The average Bonchev–Trinajstić information content (AvgIpc) is 2.67. The molecule has 8 heteroatoms. The number of benzene rings is 1. The Morgan fingerprint density at radius 2 is 2.04 bits per heavy atom. The van der Waals surface area contributed by atoms with Crippen LogP contribution in [-0.2, 0) is 11.3 Å². The quantitative estimate of drug-likeness (QED) is 0.354. The normalized spacial score (nSPS) is 15.2. The van der Waals surface area contributed by atoms with Crippen LogP contribution in [0.2, 0.25) is 0 Å². The number of carbonyl (C=O) groups is 1. The van der Waals surface area contributed by atoms with E-state index in [-0.39, 0.29) is 53.4 Å². The maximum absolute atomic E-state index is 13.9. The van der Waals surface area contributed by atoms with E-state index in [1.807, 2.05) is 31.7 Å². The lowest BCUT2D eigenvalue weighted by Gasteiger charge is -2.34. The zero-order chi connectivity index (χ0) is 19.8. The first-order valence-electron chi connectivity index (χ1n) is 9.61. The molecule has 0 radical (unpaired) electrons. The minimum Gasteiger partial charge on any atom is -0.491 e. The van der Waals surface area contributed by atoms with Gasteiger partial charge in [0.25, 0.3) is 0 Å². The van der Waals surface area contributed by atoms with E-state index < -0.39 is 0 Å². The summed E-state index contributed by atoms with van der Waals surface area (Å²) in [6.45, 7) is 8.12. The van der Waals surface area contributed by atoms with Gasteiger partial charge in [-0.05, 0) is 37.5 Å². The number of piperidine rings is 1. The predicted molar refractivity (Wildman–Crippen MR) is 121 cm³/mol. The molecule has 2 rings (SSSR count). The van der Waals surface area contributed by atoms with Crippen molar-refractivity contribution in [3.05, 3.63) is 29.6 Å². The smallest absolute Gasteiger partial charge is 0.225 e. The molecule has 1 amide bonds. The Balaban J connectivity index is 0.00000392. The van der Waals surface area contributed by atoms with Gasteiger partial charge in [0, 0.05) is 38.6 Å². The second-order valence-electron chi connectivity index (χ2n) is 7.02. The van der Waals surface area contributed by atoms with Crippen molar-refractivity contribution in [3.63, 3.8) is 0 Å². The van der Waals surface area contributed by atoms with E-state index >= 15 is 0 Å². The van der Waals surface area contributed by atoms with Crippen molar-refractivity contribution in [1.29, 1.82) is 0 Å². The molecule has 0 aliphatic carbocycles. The molecule has 1 aromatic carbocycles. The SMILES string of the molecule is CCOc1ccc(CNC(=NC)NC2CCN(C(=O)C(C)C)CC2)cc1F.I. The van der Waals surface area contributed by atoms with Gasteiger partial charge in [-0.3, -0.25) is 9.79 Å². The van der Waals surface area contributed by atoms with Crippen LogP contribution in [0.3, 0.4) is 0 Å². The van der Waals surface area contributed by atoms with Gasteiger partial charge < -0.3 is 20.3 Å². The largest absolute Gasteiger partial charge is 0.491 e. The third kappa shape index (κ3) is 7.10. The van der Waals surface area contributed by atoms with E-state index in [1.54, 1.807) is 13.1 Å². The van der Waals surface area contributed by atoms with Crippen LogP contribution in [0.5, 0.6) is 5.75 Å². The van der Waals surface area contributed by atoms with Gasteiger partial charge in [-0.15, -0.1) is 24.0 Å². The van der Waals surface area contributed by atoms with Gasteiger partial charge in [0.15, 0.2) is 17.5 Å². The van der Waals surface area contributed by atoms with Gasteiger partial charge in [0.1, 0.15) is 0 Å². The molecule has 1 saturated heterocycles. The van der Waals surface area contributed by atoms with Crippen molar-refractivity contribution in [2.75, 3.05) is 26.7 Å². The summed E-state index contributed by atoms with van der Waals surface area (Å²) in [7, 11) is 1.71. The predicted octanol–water partition coefficient (Wildman–Crippen LogP) is 3.15. The van der Waals surface area contributed by atoms with Gasteiger partial charge in [0.2, 0.25) is 5.91 Å². The molecule has 0 aromatic heterocycles. The van der Waals surface area contributed by atoms with E-state index in [2.05, 4.69) is 15.6 Å². The lowest BCUT2D eigenvalue weighted by atomic mass is 10.0. The molecule has 158 valence electrons. The second kappa shape index (κ2) is 12.1. The number of carbonyl (C=O) groups excluding carboxylic acids is 1. The van der Waals surface area contributed by atoms with E-state index in [1.165, 1.54) is 6.07 Å². The summed E-state index contributed by atoms with van der Waals surface area (Å²) >= 11 is 0. The standard InChI is InChI=1S/C20H31FN4O2.HI/c1-5-27-18-7-6-15(12-17(18)21)13-23-20(22-4)24-16-8-10-25(11-9-16)19(26)14(2)3;/h6-7,12,14,16H,5,8-11,13H2,1-4H3,(H2,22,23,24);1H. The maximum atomic E-state index is 13.9. The molecule has 1 aliphatic heterocycles. The van der Waals surface area contributed by atoms with Crippen molar-refractivity contribution < 1.29 is 13.9 Å². The van der Waals surface area contributed by atoms with Crippen molar-refractivity contribution in [2.45, 2.75) is 46.2 Å². The number of aliphatic imine (C=N–C) groups is 1. The van der Waals surface area contributed by atoms with Crippen LogP contribution in [0.15, 0.2) is 23.2 Å². The summed E-state index contributed by atoms with van der Waals surface area (Å²) in [6.07, 6.45) is 1.77. The highest BCUT2D eigenvalue weighted by Gasteiger charge is 2.24. The molecule has 28 heavy (non-hydrogen) atoms. The molecule has 0 atom stereocenters. The highest BCUT2D eigenvalue weighted by molar-refractivity contribution is 14.0. The maximum Gasteiger partial charge on any atom is 0.225 e. The summed E-state index contributed by atoms with van der Waals surface area (Å²) in [4.78, 5) is 18.2. The summed E-state index contributed by atoms with van der Waals surface area (Å²) in [5.74, 6) is 0.845. The van der Waals surface area contributed by atoms with Gasteiger partial charge in [-0.25, -0.2) is 4.39 Å². The Morgan fingerprint density at radius 3 is 2.57 bits per heavy atom. The van der Waals surface area contributed by atoms with Crippen molar-refractivity contribution in [3.8, 4) is 5.75 Å². The molecule has 0 unspecified atom stereocenters. The first kappa shape index (κ1) is 24.5. The topological polar surface area (TPSA) is 66.0 Å². The molecule has 1 aromatic rings. The fourth-order valence-electron chi connectivity index (χ4n) is 3.11. The van der Waals surface area contributed by atoms with Crippen LogP contribution >= 0.6 is 24.0 Å². The van der Waals surface area contributed by atoms with Crippen LogP contribution in [-0.4, -0.2) is 49.6 Å². The Hall–Kier alpha value is -1.58. The average molecular weight is 506 g/mol. The molecule has 2 N–H and O–H groups in total. The van der Waals surface area contributed by atoms with Crippen LogP contribution in [0.25, 0.3) is 0 Å². The Kier molecular flexibility index (Phi) is 10.6. The van der Waals surface area contributed by atoms with Crippen molar-refractivity contribution in [1.82, 2.24) is 15.5 Å². The number of hydrogen-bond acceptors (Lipinski definition) is 3. The fourth-order valence-corrected chi connectivity index (χ4v) is 3.11. The molecule has 0 saturated carbocycles. The minimum atomic E-state index is -0.360. The number of rotatable bonds is 6. The van der Waals surface area contributed by atoms with E-state index in [0.29, 0.717) is 19.1 Å². The Morgan fingerprint density at radius 1 is 1.36 bits per heavy atom. The molecule has 0 bridgehead atoms. The lowest BCUT2D eigenvalue weighted by Crippen LogP contribution is -2.50. The number of hydrogen-bond donors (Lipinski definition) is 2. The third-order valence-electron chi connectivity index (χ3n) is 4.62. The molecular formula is C20H32FIN4O2. The van der Waals surface area contributed by atoms with Gasteiger partial charge in [-0.2, -0.15) is 0 Å². The van der Waals surface area contributed by atoms with E-state index in [4.69, 9.17) is 4.74 Å². The third-order valence-corrected chi connectivity index (χ3v) is 4.62. The molecule has 1 aliphatic rings. The number of ether oxygens (including phenoxy) is 1. The number of likely N-dealkylation sites (tertiary alicyclic amines) is 1. The number of nitrogens with one attached hydrogen (secondary N) is 2. The number of amides is 1. The minimum absolute atomic E-state index is 0. The number of nitrogens with zero attached hydrogens (tertiary/aromatic N) is 2. The van der Waals surface area contributed by atoms with Gasteiger partial charge in [0.05, 0.1) is 6.61 Å². The highest BCUT2D eigenvalue weighted by atomic mass is 127. The zero-order valence-electron chi connectivity index (χ0n) is 17.1. The molecule has 1 heterocycles. The van der Waals surface area contributed by atoms with Crippen LogP contribution in [0, 0.1) is 11.7 Å². The Labute approximate surface area is 184 Å². The monoisotopic (exact) mass is 506 g/mol.